The molecule has 0 aliphatic rings. The number of aromatic carboxylic acids is 2. The number of hydrogen-bond donors (Lipinski definition) is 3. The highest BCUT2D eigenvalue weighted by molar-refractivity contribution is 5.96. The van der Waals surface area contributed by atoms with Crippen LogP contribution in [-0.2, 0) is 12.6 Å². The first kappa shape index (κ1) is 22.2. The van der Waals surface area contributed by atoms with Gasteiger partial charge >= 0.3 is 18.1 Å². The summed E-state index contributed by atoms with van der Waals surface area (Å²) in [5, 5.41) is 26.4. The molecule has 0 aliphatic heterocycles. The van der Waals surface area contributed by atoms with Crippen LogP contribution in [0.15, 0.2) is 42.5 Å². The molecule has 1 unspecified atom stereocenters. The van der Waals surface area contributed by atoms with Crippen LogP contribution in [0.4, 0.5) is 13.2 Å². The number of rotatable bonds is 4. The molecule has 0 amide bonds. The molecule has 0 radical (unpaired) electrons. The molecule has 2 rings (SSSR count). The van der Waals surface area contributed by atoms with Gasteiger partial charge in [-0.15, -0.1) is 0 Å². The van der Waals surface area contributed by atoms with Gasteiger partial charge in [-0.2, -0.15) is 13.2 Å². The van der Waals surface area contributed by atoms with E-state index in [1.807, 2.05) is 0 Å². The Labute approximate surface area is 153 Å². The fourth-order valence-corrected chi connectivity index (χ4v) is 2.27. The number of benzene rings is 2. The van der Waals surface area contributed by atoms with Crippen molar-refractivity contribution < 1.29 is 38.1 Å². The lowest BCUT2D eigenvalue weighted by atomic mass is 10.0. The van der Waals surface area contributed by atoms with Crippen molar-refractivity contribution in [3.8, 4) is 0 Å². The monoisotopic (exact) mass is 384 g/mol. The highest BCUT2D eigenvalue weighted by atomic mass is 19.4. The number of aliphatic hydroxyl groups excluding tert-OH is 1. The van der Waals surface area contributed by atoms with E-state index < -0.39 is 29.8 Å². The van der Waals surface area contributed by atoms with E-state index in [2.05, 4.69) is 0 Å². The van der Waals surface area contributed by atoms with E-state index in [0.717, 1.165) is 12.1 Å². The van der Waals surface area contributed by atoms with Gasteiger partial charge in [0.2, 0.25) is 0 Å². The van der Waals surface area contributed by atoms with Crippen molar-refractivity contribution in [2.75, 3.05) is 0 Å². The Bertz CT molecular complexity index is 764. The molecule has 0 aromatic heterocycles. The Kier molecular flexibility index (Phi) is 7.54. The maximum Gasteiger partial charge on any atom is 0.416 e. The van der Waals surface area contributed by atoms with Crippen LogP contribution in [0.1, 0.15) is 44.3 Å². The molecule has 0 aliphatic carbocycles. The number of carboxylic acid groups (broad SMARTS) is 2. The van der Waals surface area contributed by atoms with Crippen molar-refractivity contribution >= 4 is 11.9 Å². The zero-order valence-corrected chi connectivity index (χ0v) is 14.6. The van der Waals surface area contributed by atoms with E-state index in [1.54, 1.807) is 6.92 Å². The van der Waals surface area contributed by atoms with E-state index in [4.69, 9.17) is 15.3 Å². The molecule has 0 saturated heterocycles. The number of halogens is 3. The van der Waals surface area contributed by atoms with Crippen LogP contribution in [0.2, 0.25) is 0 Å². The van der Waals surface area contributed by atoms with Crippen molar-refractivity contribution in [1.82, 2.24) is 0 Å². The number of alkyl halides is 3. The predicted molar refractivity (Wildman–Crippen MR) is 91.9 cm³/mol. The van der Waals surface area contributed by atoms with Crippen LogP contribution in [0.3, 0.4) is 0 Å². The van der Waals surface area contributed by atoms with Gasteiger partial charge in [-0.3, -0.25) is 0 Å². The Morgan fingerprint density at radius 3 is 1.74 bits per heavy atom. The normalized spacial score (nSPS) is 11.9. The topological polar surface area (TPSA) is 94.8 Å². The lowest BCUT2D eigenvalue weighted by Gasteiger charge is -2.08. The second-order valence-electron chi connectivity index (χ2n) is 5.84. The van der Waals surface area contributed by atoms with Crippen LogP contribution in [0.5, 0.6) is 0 Å². The van der Waals surface area contributed by atoms with Gasteiger partial charge < -0.3 is 15.3 Å². The average Bonchev–Trinajstić information content (AvgIpc) is 2.54. The summed E-state index contributed by atoms with van der Waals surface area (Å²) in [5.74, 6) is -2.22. The van der Waals surface area contributed by atoms with E-state index in [1.165, 1.54) is 37.3 Å². The highest BCUT2D eigenvalue weighted by Crippen LogP contribution is 2.29. The zero-order valence-electron chi connectivity index (χ0n) is 14.6. The molecule has 5 nitrogen and oxygen atoms in total. The van der Waals surface area contributed by atoms with Crippen LogP contribution in [-0.4, -0.2) is 33.4 Å². The Morgan fingerprint density at radius 2 is 1.41 bits per heavy atom. The van der Waals surface area contributed by atoms with Crippen LogP contribution in [0, 0.1) is 6.92 Å². The lowest BCUT2D eigenvalue weighted by molar-refractivity contribution is -0.137. The van der Waals surface area contributed by atoms with Crippen LogP contribution < -0.4 is 0 Å². The first-order valence-electron chi connectivity index (χ1n) is 7.84. The van der Waals surface area contributed by atoms with Crippen LogP contribution >= 0.6 is 0 Å². The van der Waals surface area contributed by atoms with E-state index in [0.29, 0.717) is 12.0 Å². The Hall–Kier alpha value is -2.87. The second-order valence-corrected chi connectivity index (χ2v) is 5.84. The minimum Gasteiger partial charge on any atom is -0.478 e. The molecule has 0 heterocycles. The fourth-order valence-electron chi connectivity index (χ4n) is 2.27. The molecule has 2 aromatic carbocycles. The Balaban J connectivity index is 0.000000271. The molecular formula is C19H19F3O5. The summed E-state index contributed by atoms with van der Waals surface area (Å²) in [4.78, 5) is 21.2. The summed E-state index contributed by atoms with van der Waals surface area (Å²) in [6.45, 7) is 3.07. The predicted octanol–water partition coefficient (Wildman–Crippen LogP) is 4.02. The summed E-state index contributed by atoms with van der Waals surface area (Å²) < 4.78 is 36.4. The molecule has 1 atom stereocenters. The second kappa shape index (κ2) is 9.18. The van der Waals surface area contributed by atoms with Crippen molar-refractivity contribution in [3.63, 3.8) is 0 Å². The van der Waals surface area contributed by atoms with Crippen molar-refractivity contribution in [1.29, 1.82) is 0 Å². The minimum atomic E-state index is -4.29. The van der Waals surface area contributed by atoms with Crippen molar-refractivity contribution in [2.24, 2.45) is 0 Å². The molecule has 0 fully saturated rings. The molecular weight excluding hydrogens is 365 g/mol. The van der Waals surface area contributed by atoms with Gasteiger partial charge in [0.25, 0.3) is 0 Å². The summed E-state index contributed by atoms with van der Waals surface area (Å²) in [6.07, 6.45) is -4.45. The van der Waals surface area contributed by atoms with E-state index in [-0.39, 0.29) is 16.7 Å². The van der Waals surface area contributed by atoms with Crippen molar-refractivity contribution in [2.45, 2.75) is 32.5 Å². The summed E-state index contributed by atoms with van der Waals surface area (Å²) in [6, 6.07) is 8.99. The summed E-state index contributed by atoms with van der Waals surface area (Å²) in [7, 11) is 0. The largest absolute Gasteiger partial charge is 0.478 e. The van der Waals surface area contributed by atoms with Gasteiger partial charge in [0.05, 0.1) is 22.8 Å². The summed E-state index contributed by atoms with van der Waals surface area (Å²) >= 11 is 0. The van der Waals surface area contributed by atoms with Gasteiger partial charge in [-0.05, 0) is 55.7 Å². The third kappa shape index (κ3) is 6.74. The van der Waals surface area contributed by atoms with Gasteiger partial charge in [-0.1, -0.05) is 18.2 Å². The zero-order chi connectivity index (χ0) is 20.8. The quantitative estimate of drug-likeness (QED) is 0.740. The van der Waals surface area contributed by atoms with Gasteiger partial charge in [-0.25, -0.2) is 9.59 Å². The molecule has 2 aromatic rings. The van der Waals surface area contributed by atoms with E-state index >= 15 is 0 Å². The molecule has 0 saturated carbocycles. The smallest absolute Gasteiger partial charge is 0.416 e. The SMILES string of the molecule is CC(O)Cc1ccc(C(F)(F)F)cc1.Cc1c(C(=O)O)cccc1C(=O)O. The lowest BCUT2D eigenvalue weighted by Crippen LogP contribution is -2.07. The first-order valence-corrected chi connectivity index (χ1v) is 7.84. The molecule has 27 heavy (non-hydrogen) atoms. The number of hydrogen-bond acceptors (Lipinski definition) is 3. The van der Waals surface area contributed by atoms with Crippen LogP contribution in [0.25, 0.3) is 0 Å². The maximum atomic E-state index is 12.1. The summed E-state index contributed by atoms with van der Waals surface area (Å²) in [5.41, 5.74) is 0.377. The molecule has 8 heteroatoms. The van der Waals surface area contributed by atoms with Gasteiger partial charge in [0.15, 0.2) is 0 Å². The fraction of sp³-hybridized carbons (Fsp3) is 0.263. The van der Waals surface area contributed by atoms with Crippen molar-refractivity contribution in [3.05, 3.63) is 70.3 Å². The molecule has 0 bridgehead atoms. The maximum absolute atomic E-state index is 12.1. The third-order valence-electron chi connectivity index (χ3n) is 3.61. The van der Waals surface area contributed by atoms with Gasteiger partial charge in [0.1, 0.15) is 0 Å². The molecule has 0 spiro atoms. The first-order chi connectivity index (χ1) is 12.4. The molecule has 3 N–H and O–H groups in total. The number of carbonyl (C=O) groups is 2. The number of aliphatic hydroxyl groups is 1. The minimum absolute atomic E-state index is 0.0277. The van der Waals surface area contributed by atoms with Gasteiger partial charge in [0, 0.05) is 0 Å². The van der Waals surface area contributed by atoms with E-state index in [9.17, 15) is 22.8 Å². The highest BCUT2D eigenvalue weighted by Gasteiger charge is 2.29. The number of carboxylic acids is 2. The average molecular weight is 384 g/mol. The molecule has 146 valence electrons. The third-order valence-corrected chi connectivity index (χ3v) is 3.61. The standard InChI is InChI=1S/C10H11F3O.C9H8O4/c1-7(14)6-8-2-4-9(5-3-8)10(11,12)13;1-5-6(8(10)11)3-2-4-7(5)9(12)13/h2-5,7,14H,6H2,1H3;2-4H,1H3,(H,10,11)(H,12,13). The Morgan fingerprint density at radius 1 is 0.963 bits per heavy atom.